The number of hydrogen-bond acceptors (Lipinski definition) is 17. The molecule has 0 radical (unpaired) electrons. The van der Waals surface area contributed by atoms with E-state index in [-0.39, 0.29) is 56.6 Å². The van der Waals surface area contributed by atoms with Crippen molar-refractivity contribution in [2.45, 2.75) is 181 Å². The first-order valence-corrected chi connectivity index (χ1v) is 24.8. The van der Waals surface area contributed by atoms with Gasteiger partial charge < -0.3 is 49.9 Å². The Kier molecular flexibility index (Phi) is 20.6. The van der Waals surface area contributed by atoms with Crippen LogP contribution in [0.1, 0.15) is 120 Å². The minimum atomic E-state index is -3.22. The van der Waals surface area contributed by atoms with E-state index >= 15 is 4.39 Å². The van der Waals surface area contributed by atoms with Crippen molar-refractivity contribution in [1.82, 2.24) is 14.9 Å². The Labute approximate surface area is 410 Å². The maximum Gasteiger partial charge on any atom is 0.351 e. The van der Waals surface area contributed by atoms with E-state index in [1.54, 1.807) is 59.2 Å². The molecule has 2 aromatic heterocycles. The second-order valence-corrected chi connectivity index (χ2v) is 20.7. The second-order valence-electron chi connectivity index (χ2n) is 19.8. The van der Waals surface area contributed by atoms with E-state index in [4.69, 9.17) is 29.5 Å². The third kappa shape index (κ3) is 14.9. The molecule has 0 unspecified atom stereocenters. The quantitative estimate of drug-likeness (QED) is 0.0686. The predicted molar refractivity (Wildman–Crippen MR) is 261 cm³/mol. The number of carbonyl (C=O) groups excluding carboxylic acids is 4. The van der Waals surface area contributed by atoms with Gasteiger partial charge in [0.15, 0.2) is 18.7 Å². The number of aliphatic hydroxyl groups is 2. The smallest absolute Gasteiger partial charge is 0.351 e. The van der Waals surface area contributed by atoms with Crippen molar-refractivity contribution in [3.63, 3.8) is 0 Å². The summed E-state index contributed by atoms with van der Waals surface area (Å²) >= 11 is 1.33. The molecule has 2 aliphatic heterocycles. The number of hydrogen-bond donors (Lipinski definition) is 4. The van der Waals surface area contributed by atoms with Gasteiger partial charge in [-0.15, -0.1) is 11.3 Å². The number of likely N-dealkylation sites (N-methyl/N-ethyl adjacent to an activating group) is 1. The van der Waals surface area contributed by atoms with Crippen molar-refractivity contribution in [3.8, 4) is 10.6 Å². The zero-order chi connectivity index (χ0) is 51.6. The molecule has 2 amide bonds. The fourth-order valence-electron chi connectivity index (χ4n) is 9.15. The maximum absolute atomic E-state index is 17.1. The average molecular weight is 990 g/mol. The van der Waals surface area contributed by atoms with Gasteiger partial charge in [-0.3, -0.25) is 19.4 Å². The van der Waals surface area contributed by atoms with E-state index in [1.807, 2.05) is 45.8 Å². The van der Waals surface area contributed by atoms with E-state index in [9.17, 15) is 29.4 Å². The fourth-order valence-corrected chi connectivity index (χ4v) is 9.89. The van der Waals surface area contributed by atoms with Gasteiger partial charge >= 0.3 is 5.97 Å². The van der Waals surface area contributed by atoms with Crippen LogP contribution in [0, 0.1) is 23.7 Å². The van der Waals surface area contributed by atoms with Crippen LogP contribution in [0.25, 0.3) is 10.6 Å². The largest absolute Gasteiger partial charge is 0.457 e. The first-order chi connectivity index (χ1) is 32.2. The molecule has 18 nitrogen and oxygen atoms in total. The number of nitrogens with one attached hydrogen (secondary N) is 1. The summed E-state index contributed by atoms with van der Waals surface area (Å²) in [6.45, 7) is 17.7. The Balaban J connectivity index is 1.81. The number of thiazole rings is 1. The monoisotopic (exact) mass is 990 g/mol. The van der Waals surface area contributed by atoms with Crippen LogP contribution in [0.4, 0.5) is 10.2 Å². The van der Waals surface area contributed by atoms with Crippen LogP contribution in [0.2, 0.25) is 0 Å². The number of pyridine rings is 1. The van der Waals surface area contributed by atoms with Crippen LogP contribution in [0.3, 0.4) is 0 Å². The van der Waals surface area contributed by atoms with Crippen LogP contribution >= 0.6 is 11.3 Å². The van der Waals surface area contributed by atoms with Crippen LogP contribution in [0.5, 0.6) is 0 Å². The number of Topliss-reactive ketones (excluding diaryl/α,β-unsaturated/α-hetero) is 1. The summed E-state index contributed by atoms with van der Waals surface area (Å²) in [6, 6.07) is 2.46. The summed E-state index contributed by atoms with van der Waals surface area (Å²) in [4.78, 5) is 73.9. The highest BCUT2D eigenvalue weighted by molar-refractivity contribution is 7.13. The number of carbonyl (C=O) groups is 4. The fraction of sp³-hybridized carbons (Fsp3) is 0.714. The van der Waals surface area contributed by atoms with E-state index in [2.05, 4.69) is 25.4 Å². The molecule has 0 aliphatic carbocycles. The second kappa shape index (κ2) is 24.8. The van der Waals surface area contributed by atoms with Crippen LogP contribution < -0.4 is 11.1 Å². The van der Waals surface area contributed by atoms with Crippen LogP contribution in [-0.2, 0) is 49.6 Å². The number of oxime groups is 1. The molecule has 5 N–H and O–H groups in total. The number of cyclic esters (lactones) is 1. The molecule has 4 rings (SSSR count). The number of aliphatic hydroxyl groups excluding tert-OH is 1. The molecule has 20 heteroatoms. The van der Waals surface area contributed by atoms with Gasteiger partial charge in [-0.1, -0.05) is 46.7 Å². The molecular weight excluding hydrogens is 914 g/mol. The number of rotatable bonds is 15. The number of nitrogens with zero attached hydrogens (tertiary/aromatic N) is 5. The van der Waals surface area contributed by atoms with E-state index in [0.717, 1.165) is 6.92 Å². The highest BCUT2D eigenvalue weighted by atomic mass is 32.1. The lowest BCUT2D eigenvalue weighted by Crippen LogP contribution is -2.60. The normalized spacial score (nSPS) is 32.7. The molecule has 2 saturated heterocycles. The third-order valence-corrected chi connectivity index (χ3v) is 14.1. The molecule has 0 spiro atoms. The average Bonchev–Trinajstić information content (AvgIpc) is 3.76. The van der Waals surface area contributed by atoms with Crippen molar-refractivity contribution in [3.05, 3.63) is 29.4 Å². The molecular formula is C49H76FN7O11S. The number of ether oxygens (including phenoxy) is 4. The van der Waals surface area contributed by atoms with Gasteiger partial charge in [0.1, 0.15) is 28.6 Å². The SMILES string of the molecule is CCC(=O)/N=C\[C@H](C)C[C@@]1(C)OC/C(=N/OCc2ccc(-c3nc(NC(=O)[C@H](C)N)cs3)cn2)CC[C@H](C(C)C)[C@](C)(O)[C@@H](CC)OC(=O)[C@@](C)(F)C(=O)[C@H](C)[C@H]1O[C@@H]1O[C@H](C)C[C@H](N(C)C)[C@H]1O. The summed E-state index contributed by atoms with van der Waals surface area (Å²) in [7, 11) is 3.63. The molecule has 2 fully saturated rings. The summed E-state index contributed by atoms with van der Waals surface area (Å²) in [5, 5.41) is 33.5. The molecule has 0 bridgehead atoms. The Hall–Kier alpha value is -4.15. The highest BCUT2D eigenvalue weighted by Gasteiger charge is 2.55. The van der Waals surface area contributed by atoms with E-state index in [0.29, 0.717) is 40.6 Å². The maximum atomic E-state index is 17.1. The van der Waals surface area contributed by atoms with Gasteiger partial charge in [0.25, 0.3) is 5.67 Å². The van der Waals surface area contributed by atoms with Crippen molar-refractivity contribution >= 4 is 52.6 Å². The van der Waals surface area contributed by atoms with Gasteiger partial charge in [-0.25, -0.2) is 19.2 Å². The lowest BCUT2D eigenvalue weighted by atomic mass is 9.74. The number of amides is 2. The third-order valence-electron chi connectivity index (χ3n) is 13.2. The summed E-state index contributed by atoms with van der Waals surface area (Å²) in [5.74, 6) is -5.62. The zero-order valence-corrected chi connectivity index (χ0v) is 43.4. The molecule has 0 aromatic carbocycles. The van der Waals surface area contributed by atoms with Crippen molar-refractivity contribution in [2.24, 2.45) is 39.6 Å². The number of esters is 1. The number of alkyl halides is 1. The number of aromatic nitrogens is 2. The zero-order valence-electron chi connectivity index (χ0n) is 42.6. The lowest BCUT2D eigenvalue weighted by Gasteiger charge is -2.47. The summed E-state index contributed by atoms with van der Waals surface area (Å²) in [6.07, 6.45) is -1.13. The number of nitrogens with two attached hydrogens (primary N) is 1. The van der Waals surface area contributed by atoms with Gasteiger partial charge in [-0.2, -0.15) is 0 Å². The van der Waals surface area contributed by atoms with E-state index in [1.165, 1.54) is 24.5 Å². The predicted octanol–water partition coefficient (Wildman–Crippen LogP) is 6.06. The molecule has 2 aliphatic rings. The van der Waals surface area contributed by atoms with E-state index < -0.39 is 89.2 Å². The number of halogens is 1. The van der Waals surface area contributed by atoms with Crippen molar-refractivity contribution in [1.29, 1.82) is 0 Å². The van der Waals surface area contributed by atoms with Gasteiger partial charge in [-0.05, 0) is 111 Å². The Morgan fingerprint density at radius 1 is 1.14 bits per heavy atom. The summed E-state index contributed by atoms with van der Waals surface area (Å²) < 4.78 is 42.7. The first kappa shape index (κ1) is 57.4. The Morgan fingerprint density at radius 3 is 2.43 bits per heavy atom. The van der Waals surface area contributed by atoms with Gasteiger partial charge in [0.05, 0.1) is 41.9 Å². The molecule has 2 aromatic rings. The van der Waals surface area contributed by atoms with Crippen molar-refractivity contribution in [2.75, 3.05) is 26.0 Å². The minimum absolute atomic E-state index is 0.0451. The number of aliphatic imine (C=N–C) groups is 1. The number of anilines is 1. The topological polar surface area (TPSA) is 247 Å². The van der Waals surface area contributed by atoms with Crippen molar-refractivity contribution < 1.29 is 57.6 Å². The summed E-state index contributed by atoms with van der Waals surface area (Å²) in [5.41, 5.74) is 0.842. The Morgan fingerprint density at radius 2 is 1.84 bits per heavy atom. The number of ketones is 1. The van der Waals surface area contributed by atoms with Crippen LogP contribution in [0.15, 0.2) is 33.9 Å². The van der Waals surface area contributed by atoms with Crippen LogP contribution in [-0.4, -0.2) is 141 Å². The van der Waals surface area contributed by atoms with Gasteiger partial charge in [0, 0.05) is 41.7 Å². The molecule has 13 atom stereocenters. The Bertz CT molecular complexity index is 2100. The lowest BCUT2D eigenvalue weighted by molar-refractivity contribution is -0.296. The van der Waals surface area contributed by atoms with Gasteiger partial charge in [0.2, 0.25) is 11.8 Å². The highest BCUT2D eigenvalue weighted by Crippen LogP contribution is 2.40. The molecule has 386 valence electrons. The molecule has 0 saturated carbocycles. The standard InChI is InChI=1S/C49H76FN7O11S/c1-14-37-49(11,63)35(27(3)4)19-18-34(56-65-25-33-17-16-32(23-52-33)44-55-38(26-69-44)54-43(61)31(8)51)24-64-47(9,21-28(5)22-53-39(58)15-2)42(30(7)41(60)48(10,50)46(62)67-37)68-45-40(59)36(57(12)13)20-29(6)66-45/h16-17,22-23,26-31,35-37,40,42,45,59,63H,14-15,18-21,24-25,51H2,1-13H3,(H,54,61)/b53-22-,56-34+/t28-,29-,30+,31+,35-,36+,37-,40-,42-,45+,47-,48+,49+/m1/s1. The molecule has 4 heterocycles. The molecule has 69 heavy (non-hydrogen) atoms. The minimum Gasteiger partial charge on any atom is -0.457 e. The first-order valence-electron chi connectivity index (χ1n) is 23.9.